The van der Waals surface area contributed by atoms with Gasteiger partial charge >= 0.3 is 0 Å². The Bertz CT molecular complexity index is 1360. The van der Waals surface area contributed by atoms with Crippen LogP contribution >= 0.6 is 0 Å². The number of aromatic nitrogens is 4. The quantitative estimate of drug-likeness (QED) is 0.421. The molecule has 5 heteroatoms. The van der Waals surface area contributed by atoms with E-state index in [1.807, 2.05) is 6.07 Å². The lowest BCUT2D eigenvalue weighted by Gasteiger charge is -2.24. The molecule has 0 aliphatic heterocycles. The zero-order chi connectivity index (χ0) is 20.8. The highest BCUT2D eigenvalue weighted by atomic mass is 15.1. The van der Waals surface area contributed by atoms with Crippen molar-refractivity contribution >= 4 is 27.8 Å². The Kier molecular flexibility index (Phi) is 4.27. The Labute approximate surface area is 181 Å². The number of nitrogens with two attached hydrogens (primary N) is 1. The van der Waals surface area contributed by atoms with Gasteiger partial charge in [0, 0.05) is 34.9 Å². The molecule has 1 aliphatic carbocycles. The van der Waals surface area contributed by atoms with Crippen molar-refractivity contribution in [1.82, 2.24) is 19.5 Å². The summed E-state index contributed by atoms with van der Waals surface area (Å²) in [6.45, 7) is 0.931. The van der Waals surface area contributed by atoms with Gasteiger partial charge in [0.15, 0.2) is 0 Å². The van der Waals surface area contributed by atoms with Crippen molar-refractivity contribution in [2.75, 3.05) is 5.73 Å². The number of aromatic amines is 1. The number of nitrogen functional groups attached to an aromatic ring is 1. The molecule has 0 saturated heterocycles. The molecular weight excluding hydrogens is 382 g/mol. The van der Waals surface area contributed by atoms with E-state index in [1.54, 1.807) is 6.33 Å². The Morgan fingerprint density at radius 3 is 2.77 bits per heavy atom. The Hall–Kier alpha value is -3.60. The number of aryl methyl sites for hydroxylation is 2. The van der Waals surface area contributed by atoms with Crippen molar-refractivity contribution in [3.63, 3.8) is 0 Å². The highest BCUT2D eigenvalue weighted by molar-refractivity contribution is 6.01. The lowest BCUT2D eigenvalue weighted by molar-refractivity contribution is 0.402. The third kappa shape index (κ3) is 3.17. The molecule has 5 aromatic rings. The molecule has 3 N–H and O–H groups in total. The average Bonchev–Trinajstić information content (AvgIpc) is 3.40. The van der Waals surface area contributed by atoms with E-state index >= 15 is 0 Å². The molecule has 154 valence electrons. The van der Waals surface area contributed by atoms with Gasteiger partial charge in [-0.2, -0.15) is 0 Å². The van der Waals surface area contributed by atoms with Crippen molar-refractivity contribution in [3.05, 3.63) is 78.2 Å². The predicted molar refractivity (Wildman–Crippen MR) is 126 cm³/mol. The summed E-state index contributed by atoms with van der Waals surface area (Å²) < 4.78 is 2.26. The van der Waals surface area contributed by atoms with Gasteiger partial charge in [0.2, 0.25) is 0 Å². The molecule has 31 heavy (non-hydrogen) atoms. The van der Waals surface area contributed by atoms with Gasteiger partial charge in [-0.05, 0) is 54.9 Å². The molecule has 1 aliphatic rings. The molecule has 1 unspecified atom stereocenters. The van der Waals surface area contributed by atoms with E-state index in [0.717, 1.165) is 40.8 Å². The van der Waals surface area contributed by atoms with Crippen molar-refractivity contribution in [1.29, 1.82) is 0 Å². The van der Waals surface area contributed by atoms with E-state index < -0.39 is 0 Å². The van der Waals surface area contributed by atoms with E-state index in [4.69, 9.17) is 5.73 Å². The van der Waals surface area contributed by atoms with Crippen LogP contribution in [-0.2, 0) is 19.4 Å². The fourth-order valence-corrected chi connectivity index (χ4v) is 5.08. The summed E-state index contributed by atoms with van der Waals surface area (Å²) in [5.74, 6) is 1.23. The number of nitrogens with zero attached hydrogens (tertiary/aromatic N) is 3. The number of H-pyrrole nitrogens is 1. The summed E-state index contributed by atoms with van der Waals surface area (Å²) in [7, 11) is 0. The Morgan fingerprint density at radius 2 is 1.87 bits per heavy atom. The summed E-state index contributed by atoms with van der Waals surface area (Å²) in [6, 6.07) is 19.4. The standard InChI is InChI=1S/C26H25N5/c27-25-24-21(23-14-20-7-3-4-8-22(20)30-23)15-31(26(24)29-16-28-25)12-11-17-9-10-18-5-1-2-6-19(18)13-17/h1-8,14-17,30H,9-13H2,(H2,27,28,29). The minimum absolute atomic E-state index is 0.531. The maximum Gasteiger partial charge on any atom is 0.146 e. The van der Waals surface area contributed by atoms with E-state index in [-0.39, 0.29) is 0 Å². The summed E-state index contributed by atoms with van der Waals surface area (Å²) in [6.07, 6.45) is 8.50. The number of hydrogen-bond donors (Lipinski definition) is 2. The highest BCUT2D eigenvalue weighted by Crippen LogP contribution is 2.35. The molecule has 3 aromatic heterocycles. The summed E-state index contributed by atoms with van der Waals surface area (Å²) in [5.41, 5.74) is 13.5. The van der Waals surface area contributed by atoms with E-state index in [0.29, 0.717) is 11.7 Å². The first kappa shape index (κ1) is 18.2. The van der Waals surface area contributed by atoms with Gasteiger partial charge in [-0.1, -0.05) is 42.5 Å². The third-order valence-corrected chi connectivity index (χ3v) is 6.73. The van der Waals surface area contributed by atoms with Crippen LogP contribution in [0, 0.1) is 5.92 Å². The van der Waals surface area contributed by atoms with Gasteiger partial charge in [-0.15, -0.1) is 0 Å². The second-order valence-corrected chi connectivity index (χ2v) is 8.63. The number of rotatable bonds is 4. The maximum atomic E-state index is 6.32. The summed E-state index contributed by atoms with van der Waals surface area (Å²) >= 11 is 0. The smallest absolute Gasteiger partial charge is 0.146 e. The van der Waals surface area contributed by atoms with Gasteiger partial charge in [0.1, 0.15) is 17.8 Å². The van der Waals surface area contributed by atoms with Crippen LogP contribution in [-0.4, -0.2) is 19.5 Å². The second-order valence-electron chi connectivity index (χ2n) is 8.63. The molecule has 5 nitrogen and oxygen atoms in total. The van der Waals surface area contributed by atoms with Crippen LogP contribution in [0.3, 0.4) is 0 Å². The van der Waals surface area contributed by atoms with E-state index in [1.165, 1.54) is 35.8 Å². The fourth-order valence-electron chi connectivity index (χ4n) is 5.08. The predicted octanol–water partition coefficient (Wildman–Crippen LogP) is 5.36. The van der Waals surface area contributed by atoms with Crippen molar-refractivity contribution in [3.8, 4) is 11.3 Å². The first-order chi connectivity index (χ1) is 15.3. The SMILES string of the molecule is Nc1ncnc2c1c(-c1cc3ccccc3[nH]1)cn2CCC1CCc2ccccc2C1. The van der Waals surface area contributed by atoms with Crippen LogP contribution < -0.4 is 5.73 Å². The molecule has 0 spiro atoms. The fraction of sp³-hybridized carbons (Fsp3) is 0.231. The normalized spacial score (nSPS) is 16.1. The zero-order valence-corrected chi connectivity index (χ0v) is 17.4. The molecule has 0 amide bonds. The summed E-state index contributed by atoms with van der Waals surface area (Å²) in [4.78, 5) is 12.4. The topological polar surface area (TPSA) is 72.5 Å². The van der Waals surface area contributed by atoms with Crippen molar-refractivity contribution in [2.45, 2.75) is 32.2 Å². The van der Waals surface area contributed by atoms with Gasteiger partial charge in [0.25, 0.3) is 0 Å². The van der Waals surface area contributed by atoms with Crippen LogP contribution in [0.4, 0.5) is 5.82 Å². The van der Waals surface area contributed by atoms with Gasteiger partial charge in [-0.25, -0.2) is 9.97 Å². The van der Waals surface area contributed by atoms with Crippen molar-refractivity contribution in [2.24, 2.45) is 5.92 Å². The molecule has 0 radical (unpaired) electrons. The molecule has 0 fully saturated rings. The number of hydrogen-bond acceptors (Lipinski definition) is 3. The monoisotopic (exact) mass is 407 g/mol. The largest absolute Gasteiger partial charge is 0.383 e. The molecule has 0 bridgehead atoms. The first-order valence-electron chi connectivity index (χ1n) is 11.0. The molecule has 0 saturated carbocycles. The molecule has 2 aromatic carbocycles. The lowest BCUT2D eigenvalue weighted by atomic mass is 9.82. The first-order valence-corrected chi connectivity index (χ1v) is 11.0. The van der Waals surface area contributed by atoms with Crippen molar-refractivity contribution < 1.29 is 0 Å². The molecule has 1 atom stereocenters. The van der Waals surface area contributed by atoms with Gasteiger partial charge in [-0.3, -0.25) is 0 Å². The van der Waals surface area contributed by atoms with Crippen LogP contribution in [0.5, 0.6) is 0 Å². The highest BCUT2D eigenvalue weighted by Gasteiger charge is 2.20. The average molecular weight is 408 g/mol. The third-order valence-electron chi connectivity index (χ3n) is 6.73. The Morgan fingerprint density at radius 1 is 1.03 bits per heavy atom. The minimum atomic E-state index is 0.531. The van der Waals surface area contributed by atoms with Crippen LogP contribution in [0.25, 0.3) is 33.2 Å². The number of anilines is 1. The summed E-state index contributed by atoms with van der Waals surface area (Å²) in [5, 5.41) is 2.12. The van der Waals surface area contributed by atoms with Crippen LogP contribution in [0.1, 0.15) is 24.0 Å². The number of nitrogens with one attached hydrogen (secondary N) is 1. The van der Waals surface area contributed by atoms with Crippen LogP contribution in [0.2, 0.25) is 0 Å². The van der Waals surface area contributed by atoms with Crippen LogP contribution in [0.15, 0.2) is 67.1 Å². The number of benzene rings is 2. The number of fused-ring (bicyclic) bond motifs is 3. The Balaban J connectivity index is 1.33. The maximum absolute atomic E-state index is 6.32. The lowest BCUT2D eigenvalue weighted by Crippen LogP contribution is -2.16. The van der Waals surface area contributed by atoms with Gasteiger partial charge < -0.3 is 15.3 Å². The van der Waals surface area contributed by atoms with E-state index in [2.05, 4.69) is 74.2 Å². The molecule has 3 heterocycles. The second kappa shape index (κ2) is 7.27. The molecular formula is C26H25N5. The minimum Gasteiger partial charge on any atom is -0.383 e. The van der Waals surface area contributed by atoms with Gasteiger partial charge in [0.05, 0.1) is 5.39 Å². The van der Waals surface area contributed by atoms with E-state index in [9.17, 15) is 0 Å². The zero-order valence-electron chi connectivity index (χ0n) is 17.4. The number of para-hydroxylation sites is 1. The molecule has 6 rings (SSSR count).